The second-order valence-corrected chi connectivity index (χ2v) is 7.63. The Morgan fingerprint density at radius 2 is 1.48 bits per heavy atom. The summed E-state index contributed by atoms with van der Waals surface area (Å²) in [6.07, 6.45) is 1.49. The van der Waals surface area contributed by atoms with E-state index in [1.807, 2.05) is 0 Å². The van der Waals surface area contributed by atoms with Gasteiger partial charge in [-0.1, -0.05) is 26.0 Å². The number of carbonyl (C=O) groups excluding carboxylic acids is 2. The van der Waals surface area contributed by atoms with Crippen molar-refractivity contribution in [2.45, 2.75) is 19.9 Å². The van der Waals surface area contributed by atoms with Crippen molar-refractivity contribution in [1.82, 2.24) is 10.3 Å². The lowest BCUT2D eigenvalue weighted by atomic mass is 10.0. The van der Waals surface area contributed by atoms with E-state index in [-0.39, 0.29) is 5.92 Å². The molecule has 0 aliphatic heterocycles. The summed E-state index contributed by atoms with van der Waals surface area (Å²) in [5.74, 6) is -2.20. The number of nitrogens with one attached hydrogen (secondary N) is 3. The van der Waals surface area contributed by atoms with E-state index in [9.17, 15) is 23.9 Å². The van der Waals surface area contributed by atoms with Gasteiger partial charge in [0.15, 0.2) is 0 Å². The molecule has 3 rings (SSSR count). The van der Waals surface area contributed by atoms with E-state index < -0.39 is 29.8 Å². The molecular formula is C24H23FN4O4. The molecule has 0 fully saturated rings. The molecule has 0 unspecified atom stereocenters. The van der Waals surface area contributed by atoms with Crippen molar-refractivity contribution in [3.63, 3.8) is 0 Å². The van der Waals surface area contributed by atoms with Crippen molar-refractivity contribution in [3.8, 4) is 11.3 Å². The van der Waals surface area contributed by atoms with Crippen LogP contribution in [0.2, 0.25) is 0 Å². The van der Waals surface area contributed by atoms with Crippen molar-refractivity contribution in [3.05, 3.63) is 78.2 Å². The number of pyridine rings is 1. The molecule has 0 saturated heterocycles. The molecule has 33 heavy (non-hydrogen) atoms. The minimum atomic E-state index is -1.08. The number of nitrogens with zero attached hydrogens (tertiary/aromatic N) is 1. The number of amides is 3. The van der Waals surface area contributed by atoms with Crippen LogP contribution in [0.1, 0.15) is 24.2 Å². The van der Waals surface area contributed by atoms with Crippen molar-refractivity contribution in [2.75, 3.05) is 10.6 Å². The summed E-state index contributed by atoms with van der Waals surface area (Å²) in [5, 5.41) is 17.0. The summed E-state index contributed by atoms with van der Waals surface area (Å²) in [4.78, 5) is 40.0. The van der Waals surface area contributed by atoms with Crippen LogP contribution in [0.25, 0.3) is 11.3 Å². The van der Waals surface area contributed by atoms with Gasteiger partial charge in [0.25, 0.3) is 5.91 Å². The van der Waals surface area contributed by atoms with Crippen molar-refractivity contribution in [1.29, 1.82) is 0 Å². The van der Waals surface area contributed by atoms with E-state index in [1.165, 1.54) is 30.5 Å². The van der Waals surface area contributed by atoms with Gasteiger partial charge in [-0.05, 0) is 54.4 Å². The second-order valence-electron chi connectivity index (χ2n) is 7.63. The fourth-order valence-electron chi connectivity index (χ4n) is 3.00. The van der Waals surface area contributed by atoms with Crippen LogP contribution >= 0.6 is 0 Å². The van der Waals surface area contributed by atoms with Crippen LogP contribution in [-0.4, -0.2) is 34.0 Å². The van der Waals surface area contributed by atoms with Crippen molar-refractivity contribution >= 4 is 29.3 Å². The molecular weight excluding hydrogens is 427 g/mol. The molecule has 2 aromatic carbocycles. The van der Waals surface area contributed by atoms with Crippen LogP contribution in [0.5, 0.6) is 0 Å². The highest BCUT2D eigenvalue weighted by molar-refractivity contribution is 5.99. The standard InChI is InChI=1S/C24H23FN4O4/c1-14(2)21(23(31)32)29-22(30)16-5-3-15(4-6-16)20-12-11-19(13-26-20)28-24(33)27-18-9-7-17(25)8-10-18/h3-14,21H,1-2H3,(H,29,30)(H,31,32)(H2,27,28,33)/t21-/m0/s1. The fourth-order valence-corrected chi connectivity index (χ4v) is 3.00. The summed E-state index contributed by atoms with van der Waals surface area (Å²) in [6.45, 7) is 3.44. The predicted molar refractivity (Wildman–Crippen MR) is 122 cm³/mol. The summed E-state index contributed by atoms with van der Waals surface area (Å²) in [7, 11) is 0. The highest BCUT2D eigenvalue weighted by atomic mass is 19.1. The second kappa shape index (κ2) is 10.4. The van der Waals surface area contributed by atoms with Gasteiger partial charge in [0.05, 0.1) is 17.6 Å². The Bertz CT molecular complexity index is 1130. The van der Waals surface area contributed by atoms with Crippen molar-refractivity contribution in [2.24, 2.45) is 5.92 Å². The number of rotatable bonds is 7. The minimum Gasteiger partial charge on any atom is -0.480 e. The number of anilines is 2. The highest BCUT2D eigenvalue weighted by Gasteiger charge is 2.23. The molecule has 0 saturated carbocycles. The maximum absolute atomic E-state index is 12.9. The molecule has 0 spiro atoms. The zero-order valence-corrected chi connectivity index (χ0v) is 18.0. The summed E-state index contributed by atoms with van der Waals surface area (Å²) in [5.41, 5.74) is 2.61. The Kier molecular flexibility index (Phi) is 7.34. The maximum Gasteiger partial charge on any atom is 0.326 e. The first-order chi connectivity index (χ1) is 15.7. The lowest BCUT2D eigenvalue weighted by molar-refractivity contribution is -0.140. The minimum absolute atomic E-state index is 0.250. The quantitative estimate of drug-likeness (QED) is 0.426. The zero-order chi connectivity index (χ0) is 24.0. The molecule has 1 heterocycles. The summed E-state index contributed by atoms with van der Waals surface area (Å²) < 4.78 is 12.9. The Labute approximate surface area is 189 Å². The Morgan fingerprint density at radius 3 is 2.03 bits per heavy atom. The van der Waals surface area contributed by atoms with Gasteiger partial charge in [-0.3, -0.25) is 9.78 Å². The third kappa shape index (κ3) is 6.36. The molecule has 0 aliphatic rings. The van der Waals surface area contributed by atoms with Crippen LogP contribution in [0.3, 0.4) is 0 Å². The van der Waals surface area contributed by atoms with E-state index in [1.54, 1.807) is 50.2 Å². The Balaban J connectivity index is 1.61. The summed E-state index contributed by atoms with van der Waals surface area (Å²) >= 11 is 0. The van der Waals surface area contributed by atoms with Gasteiger partial charge < -0.3 is 21.1 Å². The van der Waals surface area contributed by atoms with Gasteiger partial charge in [0.1, 0.15) is 11.9 Å². The van der Waals surface area contributed by atoms with Crippen LogP contribution in [0, 0.1) is 11.7 Å². The monoisotopic (exact) mass is 450 g/mol. The van der Waals surface area contributed by atoms with Crippen LogP contribution in [0.4, 0.5) is 20.6 Å². The molecule has 0 radical (unpaired) electrons. The SMILES string of the molecule is CC(C)[C@H](NC(=O)c1ccc(-c2ccc(NC(=O)Nc3ccc(F)cc3)cn2)cc1)C(=O)O. The van der Waals surface area contributed by atoms with E-state index in [0.29, 0.717) is 22.6 Å². The van der Waals surface area contributed by atoms with Gasteiger partial charge in [-0.15, -0.1) is 0 Å². The number of halogens is 1. The van der Waals surface area contributed by atoms with Crippen LogP contribution in [0.15, 0.2) is 66.9 Å². The lowest BCUT2D eigenvalue weighted by Crippen LogP contribution is -2.44. The number of urea groups is 1. The third-order valence-electron chi connectivity index (χ3n) is 4.79. The number of hydrogen-bond acceptors (Lipinski definition) is 4. The largest absolute Gasteiger partial charge is 0.480 e. The average molecular weight is 450 g/mol. The van der Waals surface area contributed by atoms with Crippen LogP contribution < -0.4 is 16.0 Å². The lowest BCUT2D eigenvalue weighted by Gasteiger charge is -2.17. The zero-order valence-electron chi connectivity index (χ0n) is 18.0. The average Bonchev–Trinajstić information content (AvgIpc) is 2.79. The smallest absolute Gasteiger partial charge is 0.326 e. The predicted octanol–water partition coefficient (Wildman–Crippen LogP) is 4.37. The Hall–Kier alpha value is -4.27. The third-order valence-corrected chi connectivity index (χ3v) is 4.79. The van der Waals surface area contributed by atoms with E-state index in [4.69, 9.17) is 0 Å². The van der Waals surface area contributed by atoms with Gasteiger partial charge >= 0.3 is 12.0 Å². The van der Waals surface area contributed by atoms with Gasteiger partial charge in [0.2, 0.25) is 0 Å². The van der Waals surface area contributed by atoms with E-state index in [2.05, 4.69) is 20.9 Å². The van der Waals surface area contributed by atoms with E-state index >= 15 is 0 Å². The Morgan fingerprint density at radius 1 is 0.879 bits per heavy atom. The topological polar surface area (TPSA) is 120 Å². The normalized spacial score (nSPS) is 11.5. The van der Waals surface area contributed by atoms with Gasteiger partial charge in [0, 0.05) is 16.8 Å². The molecule has 4 N–H and O–H groups in total. The van der Waals surface area contributed by atoms with Gasteiger partial charge in [-0.2, -0.15) is 0 Å². The first-order valence-electron chi connectivity index (χ1n) is 10.2. The number of benzene rings is 2. The molecule has 3 aromatic rings. The number of aliphatic carboxylic acids is 1. The van der Waals surface area contributed by atoms with Crippen LogP contribution in [-0.2, 0) is 4.79 Å². The summed E-state index contributed by atoms with van der Waals surface area (Å²) in [6, 6.07) is 13.9. The number of hydrogen-bond donors (Lipinski definition) is 4. The number of aromatic nitrogens is 1. The molecule has 1 atom stereocenters. The molecule has 8 nitrogen and oxygen atoms in total. The highest BCUT2D eigenvalue weighted by Crippen LogP contribution is 2.20. The number of carboxylic acids is 1. The molecule has 0 aliphatic carbocycles. The first-order valence-corrected chi connectivity index (χ1v) is 10.2. The molecule has 1 aromatic heterocycles. The van der Waals surface area contributed by atoms with Crippen molar-refractivity contribution < 1.29 is 23.9 Å². The molecule has 170 valence electrons. The van der Waals surface area contributed by atoms with Gasteiger partial charge in [-0.25, -0.2) is 14.0 Å². The molecule has 9 heteroatoms. The first kappa shape index (κ1) is 23.4. The fraction of sp³-hybridized carbons (Fsp3) is 0.167. The maximum atomic E-state index is 12.9. The number of carbonyl (C=O) groups is 3. The van der Waals surface area contributed by atoms with E-state index in [0.717, 1.165) is 5.56 Å². The molecule has 3 amide bonds. The molecule has 0 bridgehead atoms. The number of carboxylic acid groups (broad SMARTS) is 1.